The van der Waals surface area contributed by atoms with Gasteiger partial charge in [-0.1, -0.05) is 147 Å². The zero-order valence-electron chi connectivity index (χ0n) is 32.3. The van der Waals surface area contributed by atoms with Gasteiger partial charge in [-0.25, -0.2) is 0 Å². The van der Waals surface area contributed by atoms with E-state index in [0.717, 1.165) is 44.7 Å². The van der Waals surface area contributed by atoms with Crippen molar-refractivity contribution in [2.24, 2.45) is 0 Å². The summed E-state index contributed by atoms with van der Waals surface area (Å²) in [5.41, 5.74) is 16.0. The van der Waals surface area contributed by atoms with Gasteiger partial charge in [-0.2, -0.15) is 0 Å². The summed E-state index contributed by atoms with van der Waals surface area (Å²) in [6.45, 7) is 4.70. The lowest BCUT2D eigenvalue weighted by atomic mass is 9.82. The molecule has 9 aromatic carbocycles. The SMILES string of the molecule is CC1(C)c2ccccc2-c2c(N(c3ccc(-c4ccc5c(c4)c4ccccc4n5-c4ccccc4)cc3)c3cc4ccccc4c4c3oc3ccccc34)cccc21. The zero-order valence-corrected chi connectivity index (χ0v) is 32.3. The highest BCUT2D eigenvalue weighted by molar-refractivity contribution is 6.23. The largest absolute Gasteiger partial charge is 0.454 e. The van der Waals surface area contributed by atoms with E-state index in [2.05, 4.69) is 217 Å². The van der Waals surface area contributed by atoms with Crippen LogP contribution >= 0.6 is 0 Å². The second-order valence-electron chi connectivity index (χ2n) is 16.1. The molecule has 0 saturated heterocycles. The monoisotopic (exact) mass is 742 g/mol. The Balaban J connectivity index is 1.08. The highest BCUT2D eigenvalue weighted by Crippen LogP contribution is 2.55. The van der Waals surface area contributed by atoms with E-state index in [1.165, 1.54) is 66.0 Å². The van der Waals surface area contributed by atoms with Gasteiger partial charge in [-0.05, 0) is 99.3 Å². The molecule has 0 amide bonds. The quantitative estimate of drug-likeness (QED) is 0.175. The number of rotatable bonds is 5. The van der Waals surface area contributed by atoms with Gasteiger partial charge >= 0.3 is 0 Å². The fourth-order valence-corrected chi connectivity index (χ4v) is 9.86. The molecule has 0 saturated carbocycles. The molecular formula is C55H38N2O. The van der Waals surface area contributed by atoms with E-state index in [0.29, 0.717) is 0 Å². The highest BCUT2D eigenvalue weighted by atomic mass is 16.3. The summed E-state index contributed by atoms with van der Waals surface area (Å²) < 4.78 is 9.28. The van der Waals surface area contributed by atoms with Gasteiger partial charge < -0.3 is 13.9 Å². The first-order valence-corrected chi connectivity index (χ1v) is 20.1. The minimum absolute atomic E-state index is 0.141. The Morgan fingerprint density at radius 2 is 1.16 bits per heavy atom. The zero-order chi connectivity index (χ0) is 38.5. The van der Waals surface area contributed by atoms with E-state index >= 15 is 0 Å². The van der Waals surface area contributed by atoms with Crippen LogP contribution in [0.1, 0.15) is 25.0 Å². The number of hydrogen-bond acceptors (Lipinski definition) is 2. The van der Waals surface area contributed by atoms with Crippen molar-refractivity contribution in [1.82, 2.24) is 4.57 Å². The van der Waals surface area contributed by atoms with Crippen LogP contribution in [0.3, 0.4) is 0 Å². The van der Waals surface area contributed by atoms with Crippen molar-refractivity contribution in [2.75, 3.05) is 4.90 Å². The molecule has 3 heteroatoms. The molecule has 0 spiro atoms. The van der Waals surface area contributed by atoms with Crippen LogP contribution in [0, 0.1) is 0 Å². The van der Waals surface area contributed by atoms with Gasteiger partial charge in [-0.15, -0.1) is 0 Å². The van der Waals surface area contributed by atoms with Crippen LogP contribution < -0.4 is 4.90 Å². The fourth-order valence-electron chi connectivity index (χ4n) is 9.86. The minimum Gasteiger partial charge on any atom is -0.454 e. The third-order valence-electron chi connectivity index (χ3n) is 12.6. The van der Waals surface area contributed by atoms with Crippen molar-refractivity contribution >= 4 is 71.6 Å². The summed E-state index contributed by atoms with van der Waals surface area (Å²) in [5, 5.41) is 7.12. The topological polar surface area (TPSA) is 21.3 Å². The average molecular weight is 743 g/mol. The smallest absolute Gasteiger partial charge is 0.160 e. The number of para-hydroxylation sites is 3. The van der Waals surface area contributed by atoms with Gasteiger partial charge in [-0.3, -0.25) is 0 Å². The number of benzene rings is 9. The van der Waals surface area contributed by atoms with Gasteiger partial charge in [0.05, 0.1) is 22.4 Å². The summed E-state index contributed by atoms with van der Waals surface area (Å²) >= 11 is 0. The maximum atomic E-state index is 6.90. The first-order valence-electron chi connectivity index (χ1n) is 20.1. The molecule has 1 aliphatic rings. The number of nitrogens with zero attached hydrogens (tertiary/aromatic N) is 2. The van der Waals surface area contributed by atoms with Gasteiger partial charge in [0.25, 0.3) is 0 Å². The Morgan fingerprint density at radius 3 is 2.02 bits per heavy atom. The van der Waals surface area contributed by atoms with E-state index in [1.54, 1.807) is 0 Å². The van der Waals surface area contributed by atoms with Gasteiger partial charge in [0.15, 0.2) is 5.58 Å². The summed E-state index contributed by atoms with van der Waals surface area (Å²) in [6.07, 6.45) is 0. The van der Waals surface area contributed by atoms with Crippen LogP contribution in [0.15, 0.2) is 199 Å². The molecule has 0 bridgehead atoms. The Bertz CT molecular complexity index is 3420. The predicted octanol–water partition coefficient (Wildman–Crippen LogP) is 15.3. The van der Waals surface area contributed by atoms with Gasteiger partial charge in [0, 0.05) is 43.9 Å². The van der Waals surface area contributed by atoms with Crippen molar-refractivity contribution < 1.29 is 4.42 Å². The van der Waals surface area contributed by atoms with Gasteiger partial charge in [0.2, 0.25) is 0 Å². The van der Waals surface area contributed by atoms with E-state index in [4.69, 9.17) is 4.42 Å². The van der Waals surface area contributed by atoms with Crippen LogP contribution in [-0.2, 0) is 5.41 Å². The first kappa shape index (κ1) is 32.8. The first-order chi connectivity index (χ1) is 28.5. The molecule has 0 fully saturated rings. The Kier molecular flexibility index (Phi) is 6.98. The van der Waals surface area contributed by atoms with Crippen LogP contribution in [0.5, 0.6) is 0 Å². The predicted molar refractivity (Wildman–Crippen MR) is 243 cm³/mol. The molecule has 0 N–H and O–H groups in total. The molecule has 274 valence electrons. The molecule has 0 atom stereocenters. The molecule has 1 aliphatic carbocycles. The molecule has 2 heterocycles. The third kappa shape index (κ3) is 4.68. The van der Waals surface area contributed by atoms with Crippen LogP contribution in [0.2, 0.25) is 0 Å². The van der Waals surface area contributed by atoms with Crippen molar-refractivity contribution in [3.05, 3.63) is 205 Å². The molecule has 3 nitrogen and oxygen atoms in total. The molecule has 0 unspecified atom stereocenters. The standard InChI is InChI=1S/C55H38N2O/c1-55(2)45-22-11-8-20-42(45)53-46(55)23-14-25-49(53)57(50-34-37-15-6-7-18-40(37)52-43-21-10-13-26-51(43)58-54(50)52)39-30-27-35(28-31-39)36-29-32-48-44(33-36)41-19-9-12-24-47(41)56(48)38-16-4-3-5-17-38/h3-34H,1-2H3. The lowest BCUT2D eigenvalue weighted by Crippen LogP contribution is -2.16. The molecule has 11 aromatic rings. The summed E-state index contributed by atoms with van der Waals surface area (Å²) in [5.74, 6) is 0. The third-order valence-corrected chi connectivity index (χ3v) is 12.6. The highest BCUT2D eigenvalue weighted by Gasteiger charge is 2.38. The van der Waals surface area contributed by atoms with Crippen LogP contribution in [-0.4, -0.2) is 4.57 Å². The Morgan fingerprint density at radius 1 is 0.483 bits per heavy atom. The number of furan rings is 1. The van der Waals surface area contributed by atoms with Crippen molar-refractivity contribution in [1.29, 1.82) is 0 Å². The van der Waals surface area contributed by atoms with Crippen molar-refractivity contribution in [3.63, 3.8) is 0 Å². The minimum atomic E-state index is -0.141. The lowest BCUT2D eigenvalue weighted by molar-refractivity contribution is 0.660. The molecule has 2 aromatic heterocycles. The maximum absolute atomic E-state index is 6.90. The summed E-state index contributed by atoms with van der Waals surface area (Å²) in [4.78, 5) is 2.44. The van der Waals surface area contributed by atoms with Crippen molar-refractivity contribution in [2.45, 2.75) is 19.3 Å². The normalized spacial score (nSPS) is 13.1. The van der Waals surface area contributed by atoms with E-state index in [-0.39, 0.29) is 5.41 Å². The molecular weight excluding hydrogens is 705 g/mol. The molecule has 58 heavy (non-hydrogen) atoms. The lowest BCUT2D eigenvalue weighted by Gasteiger charge is -2.29. The molecule has 12 rings (SSSR count). The maximum Gasteiger partial charge on any atom is 0.160 e. The van der Waals surface area contributed by atoms with Gasteiger partial charge in [0.1, 0.15) is 5.58 Å². The van der Waals surface area contributed by atoms with Crippen molar-refractivity contribution in [3.8, 4) is 27.9 Å². The van der Waals surface area contributed by atoms with Crippen LogP contribution in [0.4, 0.5) is 17.1 Å². The van der Waals surface area contributed by atoms with E-state index in [9.17, 15) is 0 Å². The van der Waals surface area contributed by atoms with E-state index < -0.39 is 0 Å². The Hall–Kier alpha value is -7.36. The number of hydrogen-bond donors (Lipinski definition) is 0. The molecule has 0 radical (unpaired) electrons. The Labute approximate surface area is 336 Å². The average Bonchev–Trinajstić information content (AvgIpc) is 3.91. The fraction of sp³-hybridized carbons (Fsp3) is 0.0545. The summed E-state index contributed by atoms with van der Waals surface area (Å²) in [7, 11) is 0. The second kappa shape index (κ2) is 12.3. The number of aromatic nitrogens is 1. The number of anilines is 3. The number of fused-ring (bicyclic) bond motifs is 11. The summed E-state index contributed by atoms with van der Waals surface area (Å²) in [6, 6.07) is 70.5. The second-order valence-corrected chi connectivity index (χ2v) is 16.1. The van der Waals surface area contributed by atoms with Crippen LogP contribution in [0.25, 0.3) is 82.5 Å². The molecule has 0 aliphatic heterocycles. The van der Waals surface area contributed by atoms with E-state index in [1.807, 2.05) is 0 Å².